The Bertz CT molecular complexity index is 298. The van der Waals surface area contributed by atoms with Crippen LogP contribution in [0, 0.1) is 5.92 Å². The number of carboxylic acids is 1. The van der Waals surface area contributed by atoms with Crippen molar-refractivity contribution in [3.05, 3.63) is 0 Å². The average Bonchev–Trinajstić information content (AvgIpc) is 2.40. The second-order valence-electron chi connectivity index (χ2n) is 5.66. The Morgan fingerprint density at radius 2 is 1.89 bits per heavy atom. The molecule has 0 bridgehead atoms. The van der Waals surface area contributed by atoms with Crippen molar-refractivity contribution in [2.75, 3.05) is 7.05 Å². The van der Waals surface area contributed by atoms with E-state index in [0.29, 0.717) is 12.8 Å². The van der Waals surface area contributed by atoms with Gasteiger partial charge in [-0.05, 0) is 25.2 Å². The summed E-state index contributed by atoms with van der Waals surface area (Å²) in [7, 11) is 1.60. The number of likely N-dealkylation sites (N-methyl/N-ethyl adjacent to an activating group) is 1. The molecule has 1 amide bonds. The van der Waals surface area contributed by atoms with E-state index in [0.717, 1.165) is 18.8 Å². The summed E-state index contributed by atoms with van der Waals surface area (Å²) in [5, 5.41) is 9.03. The van der Waals surface area contributed by atoms with Gasteiger partial charge in [0.1, 0.15) is 6.04 Å². The van der Waals surface area contributed by atoms with E-state index in [4.69, 9.17) is 5.11 Å². The highest BCUT2D eigenvalue weighted by Gasteiger charge is 2.24. The smallest absolute Gasteiger partial charge is 0.326 e. The second-order valence-corrected chi connectivity index (χ2v) is 5.66. The molecule has 0 aromatic rings. The molecule has 0 aliphatic heterocycles. The van der Waals surface area contributed by atoms with E-state index < -0.39 is 12.0 Å². The van der Waals surface area contributed by atoms with Crippen LogP contribution in [0.1, 0.15) is 64.7 Å². The summed E-state index contributed by atoms with van der Waals surface area (Å²) in [5.41, 5.74) is 0. The van der Waals surface area contributed by atoms with Crippen LogP contribution in [0.15, 0.2) is 0 Å². The molecule has 4 heteroatoms. The van der Waals surface area contributed by atoms with Crippen molar-refractivity contribution < 1.29 is 14.7 Å². The average molecular weight is 269 g/mol. The lowest BCUT2D eigenvalue weighted by molar-refractivity contribution is -0.149. The molecule has 0 spiro atoms. The van der Waals surface area contributed by atoms with E-state index in [1.54, 1.807) is 14.0 Å². The minimum Gasteiger partial charge on any atom is -0.480 e. The van der Waals surface area contributed by atoms with Crippen LogP contribution in [-0.4, -0.2) is 35.0 Å². The highest BCUT2D eigenvalue weighted by molar-refractivity contribution is 5.83. The zero-order chi connectivity index (χ0) is 14.3. The van der Waals surface area contributed by atoms with E-state index >= 15 is 0 Å². The molecule has 1 atom stereocenters. The zero-order valence-electron chi connectivity index (χ0n) is 12.2. The van der Waals surface area contributed by atoms with E-state index in [9.17, 15) is 9.59 Å². The molecule has 1 unspecified atom stereocenters. The maximum Gasteiger partial charge on any atom is 0.326 e. The summed E-state index contributed by atoms with van der Waals surface area (Å²) in [6.07, 6.45) is 9.57. The molecule has 1 rings (SSSR count). The van der Waals surface area contributed by atoms with Crippen molar-refractivity contribution in [3.8, 4) is 0 Å². The van der Waals surface area contributed by atoms with Gasteiger partial charge in [-0.15, -0.1) is 0 Å². The van der Waals surface area contributed by atoms with Gasteiger partial charge >= 0.3 is 5.97 Å². The Kier molecular flexibility index (Phi) is 6.89. The zero-order valence-corrected chi connectivity index (χ0v) is 12.2. The van der Waals surface area contributed by atoms with E-state index in [1.165, 1.54) is 37.0 Å². The first-order chi connectivity index (χ1) is 9.06. The van der Waals surface area contributed by atoms with Crippen molar-refractivity contribution in [1.29, 1.82) is 0 Å². The lowest BCUT2D eigenvalue weighted by Gasteiger charge is -2.25. The number of aliphatic carboxylic acids is 1. The van der Waals surface area contributed by atoms with Crippen LogP contribution in [-0.2, 0) is 9.59 Å². The summed E-state index contributed by atoms with van der Waals surface area (Å²) >= 11 is 0. The van der Waals surface area contributed by atoms with Gasteiger partial charge in [-0.25, -0.2) is 4.79 Å². The van der Waals surface area contributed by atoms with Gasteiger partial charge in [0, 0.05) is 13.5 Å². The highest BCUT2D eigenvalue weighted by Crippen LogP contribution is 2.27. The summed E-state index contributed by atoms with van der Waals surface area (Å²) < 4.78 is 0. The van der Waals surface area contributed by atoms with Gasteiger partial charge in [0.2, 0.25) is 5.91 Å². The first-order valence-corrected chi connectivity index (χ1v) is 7.54. The molecular formula is C15H27NO3. The van der Waals surface area contributed by atoms with Gasteiger partial charge in [0.15, 0.2) is 0 Å². The monoisotopic (exact) mass is 269 g/mol. The lowest BCUT2D eigenvalue weighted by atomic mass is 9.86. The first kappa shape index (κ1) is 16.0. The normalized spacial score (nSPS) is 18.0. The number of nitrogens with zero attached hydrogens (tertiary/aromatic N) is 1. The third kappa shape index (κ3) is 5.21. The Labute approximate surface area is 116 Å². The molecule has 4 nitrogen and oxygen atoms in total. The molecule has 1 saturated carbocycles. The van der Waals surface area contributed by atoms with Crippen LogP contribution in [0.25, 0.3) is 0 Å². The van der Waals surface area contributed by atoms with Crippen molar-refractivity contribution in [2.24, 2.45) is 5.92 Å². The third-order valence-electron chi connectivity index (χ3n) is 4.26. The SMILES string of the molecule is CCC(C(=O)O)N(C)C(=O)CCCC1CCCCC1. The van der Waals surface area contributed by atoms with Gasteiger partial charge in [-0.3, -0.25) is 4.79 Å². The summed E-state index contributed by atoms with van der Waals surface area (Å²) in [5.74, 6) is -0.163. The molecular weight excluding hydrogens is 242 g/mol. The van der Waals surface area contributed by atoms with Crippen molar-refractivity contribution in [1.82, 2.24) is 4.90 Å². The lowest BCUT2D eigenvalue weighted by Crippen LogP contribution is -2.41. The third-order valence-corrected chi connectivity index (χ3v) is 4.26. The van der Waals surface area contributed by atoms with Crippen molar-refractivity contribution >= 4 is 11.9 Å². The molecule has 1 aliphatic rings. The van der Waals surface area contributed by atoms with E-state index in [2.05, 4.69) is 0 Å². The summed E-state index contributed by atoms with van der Waals surface area (Å²) in [6, 6.07) is -0.679. The fourth-order valence-electron chi connectivity index (χ4n) is 2.98. The van der Waals surface area contributed by atoms with Crippen LogP contribution in [0.2, 0.25) is 0 Å². The molecule has 0 radical (unpaired) electrons. The number of rotatable bonds is 7. The van der Waals surface area contributed by atoms with Crippen LogP contribution in [0.3, 0.4) is 0 Å². The van der Waals surface area contributed by atoms with Gasteiger partial charge < -0.3 is 10.0 Å². The van der Waals surface area contributed by atoms with Crippen molar-refractivity contribution in [2.45, 2.75) is 70.8 Å². The molecule has 0 aromatic carbocycles. The quantitative estimate of drug-likeness (QED) is 0.772. The predicted octanol–water partition coefficient (Wildman–Crippen LogP) is 3.06. The second kappa shape index (κ2) is 8.18. The maximum atomic E-state index is 12.0. The van der Waals surface area contributed by atoms with Crippen LogP contribution in [0.5, 0.6) is 0 Å². The van der Waals surface area contributed by atoms with Gasteiger partial charge in [-0.1, -0.05) is 39.0 Å². The first-order valence-electron chi connectivity index (χ1n) is 7.54. The Balaban J connectivity index is 2.27. The van der Waals surface area contributed by atoms with Crippen molar-refractivity contribution in [3.63, 3.8) is 0 Å². The minimum absolute atomic E-state index is 0.0370. The molecule has 0 aromatic heterocycles. The van der Waals surface area contributed by atoms with Crippen LogP contribution in [0.4, 0.5) is 0 Å². The number of hydrogen-bond donors (Lipinski definition) is 1. The summed E-state index contributed by atoms with van der Waals surface area (Å²) in [6.45, 7) is 1.80. The maximum absolute atomic E-state index is 12.0. The summed E-state index contributed by atoms with van der Waals surface area (Å²) in [4.78, 5) is 24.3. The Hall–Kier alpha value is -1.06. The number of carbonyl (C=O) groups excluding carboxylic acids is 1. The molecule has 1 aliphatic carbocycles. The highest BCUT2D eigenvalue weighted by atomic mass is 16.4. The Morgan fingerprint density at radius 1 is 1.26 bits per heavy atom. The van der Waals surface area contributed by atoms with Crippen LogP contribution < -0.4 is 0 Å². The minimum atomic E-state index is -0.911. The largest absolute Gasteiger partial charge is 0.480 e. The van der Waals surface area contributed by atoms with Gasteiger partial charge in [0.25, 0.3) is 0 Å². The molecule has 0 saturated heterocycles. The topological polar surface area (TPSA) is 57.6 Å². The molecule has 0 heterocycles. The fourth-order valence-corrected chi connectivity index (χ4v) is 2.98. The number of amides is 1. The van der Waals surface area contributed by atoms with Gasteiger partial charge in [-0.2, -0.15) is 0 Å². The fraction of sp³-hybridized carbons (Fsp3) is 0.867. The van der Waals surface area contributed by atoms with E-state index in [1.807, 2.05) is 0 Å². The van der Waals surface area contributed by atoms with E-state index in [-0.39, 0.29) is 5.91 Å². The van der Waals surface area contributed by atoms with Crippen LogP contribution >= 0.6 is 0 Å². The molecule has 1 N–H and O–H groups in total. The number of carbonyl (C=O) groups is 2. The van der Waals surface area contributed by atoms with Gasteiger partial charge in [0.05, 0.1) is 0 Å². The Morgan fingerprint density at radius 3 is 2.42 bits per heavy atom. The number of carboxylic acid groups (broad SMARTS) is 1. The molecule has 110 valence electrons. The molecule has 19 heavy (non-hydrogen) atoms. The standard InChI is InChI=1S/C15H27NO3/c1-3-13(15(18)19)16(2)14(17)11-7-10-12-8-5-4-6-9-12/h12-13H,3-11H2,1-2H3,(H,18,19). The molecule has 1 fully saturated rings. The number of hydrogen-bond acceptors (Lipinski definition) is 2. The predicted molar refractivity (Wildman–Crippen MR) is 74.9 cm³/mol.